The fourth-order valence-electron chi connectivity index (χ4n) is 4.43. The first-order chi connectivity index (χ1) is 9.67. The molecule has 0 amide bonds. The van der Waals surface area contributed by atoms with Gasteiger partial charge in [0.05, 0.1) is 0 Å². The highest BCUT2D eigenvalue weighted by atomic mass is 14.4. The molecule has 4 rings (SSSR count). The summed E-state index contributed by atoms with van der Waals surface area (Å²) in [5.74, 6) is 1.44. The van der Waals surface area contributed by atoms with Crippen molar-refractivity contribution in [1.82, 2.24) is 0 Å². The van der Waals surface area contributed by atoms with Crippen LogP contribution in [0.3, 0.4) is 0 Å². The van der Waals surface area contributed by atoms with Gasteiger partial charge in [-0.25, -0.2) is 0 Å². The summed E-state index contributed by atoms with van der Waals surface area (Å²) in [4.78, 5) is 0. The Bertz CT molecular complexity index is 690. The van der Waals surface area contributed by atoms with Crippen LogP contribution in [0.25, 0.3) is 16.8 Å². The monoisotopic (exact) mass is 262 g/mol. The van der Waals surface area contributed by atoms with Gasteiger partial charge in [-0.1, -0.05) is 68.8 Å². The van der Waals surface area contributed by atoms with E-state index in [4.69, 9.17) is 0 Å². The lowest BCUT2D eigenvalue weighted by Gasteiger charge is -2.45. The Kier molecular flexibility index (Phi) is 2.57. The minimum Gasteiger partial charge on any atom is -0.0796 e. The van der Waals surface area contributed by atoms with Gasteiger partial charge >= 0.3 is 0 Å². The van der Waals surface area contributed by atoms with E-state index in [1.54, 1.807) is 5.56 Å². The highest BCUT2D eigenvalue weighted by molar-refractivity contribution is 5.92. The standard InChI is InChI=1S/C20H22/c1-20(2)13-5-8-18-17-10-9-14-6-3-4-7-15(14)16(17)11-12-19(18)20/h3-4,6-7,9-12,18-19H,5,8,13H2,1-2H3. The van der Waals surface area contributed by atoms with Gasteiger partial charge in [0.1, 0.15) is 0 Å². The second-order valence-electron chi connectivity index (χ2n) is 7.16. The highest BCUT2D eigenvalue weighted by Gasteiger charge is 2.40. The van der Waals surface area contributed by atoms with Crippen molar-refractivity contribution in [3.63, 3.8) is 0 Å². The van der Waals surface area contributed by atoms with Crippen LogP contribution < -0.4 is 0 Å². The summed E-state index contributed by atoms with van der Waals surface area (Å²) in [6, 6.07) is 13.5. The first-order valence-electron chi connectivity index (χ1n) is 7.87. The van der Waals surface area contributed by atoms with Gasteiger partial charge in [-0.3, -0.25) is 0 Å². The molecule has 0 nitrogen and oxygen atoms in total. The van der Waals surface area contributed by atoms with E-state index in [9.17, 15) is 0 Å². The Morgan fingerprint density at radius 3 is 2.80 bits per heavy atom. The molecule has 0 heteroatoms. The second kappa shape index (κ2) is 4.22. The molecule has 0 spiro atoms. The zero-order chi connectivity index (χ0) is 13.7. The first-order valence-corrected chi connectivity index (χ1v) is 7.87. The lowest BCUT2D eigenvalue weighted by molar-refractivity contribution is 0.151. The van der Waals surface area contributed by atoms with Crippen LogP contribution in [0.2, 0.25) is 0 Å². The van der Waals surface area contributed by atoms with E-state index in [1.807, 2.05) is 0 Å². The molecule has 2 unspecified atom stereocenters. The van der Waals surface area contributed by atoms with Crippen LogP contribution in [-0.2, 0) is 0 Å². The molecule has 0 saturated heterocycles. The maximum absolute atomic E-state index is 2.50. The molecule has 0 N–H and O–H groups in total. The molecular formula is C20H22. The van der Waals surface area contributed by atoms with E-state index in [0.29, 0.717) is 11.3 Å². The van der Waals surface area contributed by atoms with Crippen molar-refractivity contribution < 1.29 is 0 Å². The Balaban J connectivity index is 1.92. The molecule has 2 atom stereocenters. The van der Waals surface area contributed by atoms with Gasteiger partial charge in [-0.05, 0) is 52.0 Å². The fraction of sp³-hybridized carbons (Fsp3) is 0.400. The summed E-state index contributed by atoms with van der Waals surface area (Å²) < 4.78 is 0. The molecule has 0 aliphatic heterocycles. The molecule has 1 fully saturated rings. The number of hydrogen-bond donors (Lipinski definition) is 0. The predicted molar refractivity (Wildman–Crippen MR) is 86.8 cm³/mol. The molecule has 2 aromatic rings. The second-order valence-corrected chi connectivity index (χ2v) is 7.16. The Hall–Kier alpha value is -1.56. The molecule has 102 valence electrons. The molecule has 0 radical (unpaired) electrons. The highest BCUT2D eigenvalue weighted by Crippen LogP contribution is 2.52. The van der Waals surface area contributed by atoms with Crippen molar-refractivity contribution in [2.24, 2.45) is 11.3 Å². The smallest absolute Gasteiger partial charge is 0.00876 e. The molecule has 1 saturated carbocycles. The van der Waals surface area contributed by atoms with Gasteiger partial charge in [0.15, 0.2) is 0 Å². The lowest BCUT2D eigenvalue weighted by atomic mass is 9.59. The number of allylic oxidation sites excluding steroid dienone is 1. The minimum atomic E-state index is 0.447. The van der Waals surface area contributed by atoms with Crippen LogP contribution in [0, 0.1) is 11.3 Å². The average Bonchev–Trinajstić information content (AvgIpc) is 2.46. The minimum absolute atomic E-state index is 0.447. The third-order valence-corrected chi connectivity index (χ3v) is 5.55. The van der Waals surface area contributed by atoms with Crippen LogP contribution in [0.5, 0.6) is 0 Å². The summed E-state index contributed by atoms with van der Waals surface area (Å²) in [5, 5.41) is 2.78. The van der Waals surface area contributed by atoms with Gasteiger partial charge in [0.25, 0.3) is 0 Å². The van der Waals surface area contributed by atoms with Gasteiger partial charge in [0.2, 0.25) is 0 Å². The summed E-state index contributed by atoms with van der Waals surface area (Å²) in [5.41, 5.74) is 3.51. The summed E-state index contributed by atoms with van der Waals surface area (Å²) >= 11 is 0. The number of hydrogen-bond acceptors (Lipinski definition) is 0. The summed E-state index contributed by atoms with van der Waals surface area (Å²) in [7, 11) is 0. The van der Waals surface area contributed by atoms with Crippen molar-refractivity contribution in [3.05, 3.63) is 53.6 Å². The molecule has 2 aliphatic rings. The maximum Gasteiger partial charge on any atom is -0.00876 e. The Morgan fingerprint density at radius 2 is 1.90 bits per heavy atom. The molecule has 2 aromatic carbocycles. The van der Waals surface area contributed by atoms with Crippen LogP contribution >= 0.6 is 0 Å². The van der Waals surface area contributed by atoms with Crippen molar-refractivity contribution in [2.45, 2.75) is 39.0 Å². The first kappa shape index (κ1) is 12.2. The normalized spacial score (nSPS) is 27.1. The number of fused-ring (bicyclic) bond motifs is 5. The predicted octanol–water partition coefficient (Wildman–Crippen LogP) is 5.78. The van der Waals surface area contributed by atoms with Crippen molar-refractivity contribution in [3.8, 4) is 0 Å². The van der Waals surface area contributed by atoms with E-state index in [-0.39, 0.29) is 0 Å². The Labute approximate surface area is 121 Å². The summed E-state index contributed by atoms with van der Waals surface area (Å²) in [6.45, 7) is 4.89. The molecular weight excluding hydrogens is 240 g/mol. The van der Waals surface area contributed by atoms with Gasteiger partial charge in [-0.15, -0.1) is 0 Å². The third-order valence-electron chi connectivity index (χ3n) is 5.55. The SMILES string of the molecule is CC1(C)CCCC2c3ccc4ccccc4c3C=CC21. The molecule has 0 heterocycles. The molecule has 2 aliphatic carbocycles. The molecule has 0 aromatic heterocycles. The topological polar surface area (TPSA) is 0 Å². The average molecular weight is 262 g/mol. The Morgan fingerprint density at radius 1 is 1.05 bits per heavy atom. The number of benzene rings is 2. The zero-order valence-electron chi connectivity index (χ0n) is 12.4. The van der Waals surface area contributed by atoms with E-state index < -0.39 is 0 Å². The van der Waals surface area contributed by atoms with Gasteiger partial charge in [0, 0.05) is 0 Å². The fourth-order valence-corrected chi connectivity index (χ4v) is 4.43. The van der Waals surface area contributed by atoms with Gasteiger partial charge < -0.3 is 0 Å². The molecule has 0 bridgehead atoms. The van der Waals surface area contributed by atoms with Crippen molar-refractivity contribution >= 4 is 16.8 Å². The lowest BCUT2D eigenvalue weighted by Crippen LogP contribution is -2.33. The van der Waals surface area contributed by atoms with Crippen molar-refractivity contribution in [1.29, 1.82) is 0 Å². The van der Waals surface area contributed by atoms with Crippen LogP contribution in [0.4, 0.5) is 0 Å². The van der Waals surface area contributed by atoms with E-state index in [2.05, 4.69) is 62.4 Å². The summed E-state index contributed by atoms with van der Waals surface area (Å²) in [6.07, 6.45) is 8.98. The van der Waals surface area contributed by atoms with Gasteiger partial charge in [-0.2, -0.15) is 0 Å². The van der Waals surface area contributed by atoms with Crippen LogP contribution in [0.1, 0.15) is 50.2 Å². The van der Waals surface area contributed by atoms with E-state index >= 15 is 0 Å². The maximum atomic E-state index is 2.50. The third kappa shape index (κ3) is 1.67. The largest absolute Gasteiger partial charge is 0.0796 e. The molecule has 20 heavy (non-hydrogen) atoms. The van der Waals surface area contributed by atoms with Crippen molar-refractivity contribution in [2.75, 3.05) is 0 Å². The number of rotatable bonds is 0. The van der Waals surface area contributed by atoms with E-state index in [0.717, 1.165) is 5.92 Å². The quantitative estimate of drug-likeness (QED) is 0.565. The zero-order valence-corrected chi connectivity index (χ0v) is 12.4. The van der Waals surface area contributed by atoms with E-state index in [1.165, 1.54) is 35.6 Å². The van der Waals surface area contributed by atoms with Crippen LogP contribution in [-0.4, -0.2) is 0 Å². The van der Waals surface area contributed by atoms with Crippen LogP contribution in [0.15, 0.2) is 42.5 Å².